The van der Waals surface area contributed by atoms with Gasteiger partial charge in [-0.1, -0.05) is 21.1 Å². The Hall–Kier alpha value is -1.66. The number of hydrogen-bond acceptors (Lipinski definition) is 4. The minimum Gasteiger partial charge on any atom is -0.364 e. The predicted octanol–water partition coefficient (Wildman–Crippen LogP) is 2.17. The van der Waals surface area contributed by atoms with Gasteiger partial charge >= 0.3 is 0 Å². The van der Waals surface area contributed by atoms with Gasteiger partial charge in [0.1, 0.15) is 6.26 Å². The number of benzene rings is 1. The zero-order valence-corrected chi connectivity index (χ0v) is 11.1. The Kier molecular flexibility index (Phi) is 4.49. The van der Waals surface area contributed by atoms with E-state index in [0.29, 0.717) is 6.54 Å². The van der Waals surface area contributed by atoms with Crippen molar-refractivity contribution in [3.05, 3.63) is 46.8 Å². The summed E-state index contributed by atoms with van der Waals surface area (Å²) in [6.45, 7) is 0.729. The van der Waals surface area contributed by atoms with Crippen LogP contribution in [0.2, 0.25) is 0 Å². The molecule has 0 aliphatic rings. The maximum atomic E-state index is 11.6. The van der Waals surface area contributed by atoms with E-state index in [1.165, 1.54) is 6.26 Å². The molecule has 0 radical (unpaired) electrons. The van der Waals surface area contributed by atoms with Gasteiger partial charge in [-0.3, -0.25) is 4.79 Å². The number of carbonyl (C=O) groups excluding carboxylic acids is 1. The fraction of sp³-hybridized carbons (Fsp3) is 0.167. The molecular weight excluding hydrogens is 298 g/mol. The zero-order valence-electron chi connectivity index (χ0n) is 9.52. The third-order valence-corrected chi connectivity index (χ3v) is 2.74. The molecule has 2 rings (SSSR count). The van der Waals surface area contributed by atoms with Crippen molar-refractivity contribution < 1.29 is 9.32 Å². The Morgan fingerprint density at radius 1 is 1.28 bits per heavy atom. The summed E-state index contributed by atoms with van der Waals surface area (Å²) in [4.78, 5) is 11.6. The average molecular weight is 310 g/mol. The van der Waals surface area contributed by atoms with Crippen LogP contribution in [0, 0.1) is 0 Å². The highest BCUT2D eigenvalue weighted by Gasteiger charge is 2.02. The molecule has 94 valence electrons. The first-order valence-electron chi connectivity index (χ1n) is 5.39. The van der Waals surface area contributed by atoms with Crippen LogP contribution in [0.4, 0.5) is 5.69 Å². The molecule has 0 fully saturated rings. The van der Waals surface area contributed by atoms with Crippen LogP contribution < -0.4 is 10.6 Å². The van der Waals surface area contributed by atoms with E-state index in [0.717, 1.165) is 15.9 Å². The van der Waals surface area contributed by atoms with Gasteiger partial charge in [0.15, 0.2) is 0 Å². The van der Waals surface area contributed by atoms with Crippen LogP contribution in [0.25, 0.3) is 0 Å². The van der Waals surface area contributed by atoms with Gasteiger partial charge in [-0.05, 0) is 24.3 Å². The average Bonchev–Trinajstić information content (AvgIpc) is 2.85. The maximum Gasteiger partial charge on any atom is 0.238 e. The molecule has 0 bridgehead atoms. The molecule has 2 N–H and O–H groups in total. The molecule has 18 heavy (non-hydrogen) atoms. The van der Waals surface area contributed by atoms with Crippen molar-refractivity contribution in [3.8, 4) is 0 Å². The number of anilines is 1. The Morgan fingerprint density at radius 3 is 2.72 bits per heavy atom. The van der Waals surface area contributed by atoms with Crippen LogP contribution >= 0.6 is 15.9 Å². The van der Waals surface area contributed by atoms with E-state index in [1.54, 1.807) is 6.07 Å². The molecule has 0 spiro atoms. The van der Waals surface area contributed by atoms with Crippen LogP contribution in [0.3, 0.4) is 0 Å². The van der Waals surface area contributed by atoms with Gasteiger partial charge in [0.05, 0.1) is 12.2 Å². The summed E-state index contributed by atoms with van der Waals surface area (Å²) in [7, 11) is 0. The molecule has 1 heterocycles. The SMILES string of the molecule is O=C(CNCc1ccon1)Nc1ccc(Br)cc1. The number of nitrogens with one attached hydrogen (secondary N) is 2. The Labute approximate surface area is 113 Å². The molecule has 1 aromatic carbocycles. The monoisotopic (exact) mass is 309 g/mol. The summed E-state index contributed by atoms with van der Waals surface area (Å²) < 4.78 is 5.66. The number of aromatic nitrogens is 1. The van der Waals surface area contributed by atoms with Crippen molar-refractivity contribution in [2.24, 2.45) is 0 Å². The van der Waals surface area contributed by atoms with E-state index >= 15 is 0 Å². The smallest absolute Gasteiger partial charge is 0.238 e. The minimum absolute atomic E-state index is 0.0965. The molecule has 0 saturated heterocycles. The lowest BCUT2D eigenvalue weighted by molar-refractivity contribution is -0.115. The number of amides is 1. The van der Waals surface area contributed by atoms with Crippen LogP contribution in [-0.2, 0) is 11.3 Å². The number of carbonyl (C=O) groups is 1. The van der Waals surface area contributed by atoms with Crippen molar-refractivity contribution in [2.45, 2.75) is 6.54 Å². The standard InChI is InChI=1S/C12H12BrN3O2/c13-9-1-3-10(4-2-9)15-12(17)8-14-7-11-5-6-18-16-11/h1-6,14H,7-8H2,(H,15,17). The second-order valence-corrected chi connectivity index (χ2v) is 4.57. The van der Waals surface area contributed by atoms with Gasteiger partial charge in [-0.15, -0.1) is 0 Å². The lowest BCUT2D eigenvalue weighted by Crippen LogP contribution is -2.27. The second kappa shape index (κ2) is 6.32. The molecule has 0 unspecified atom stereocenters. The highest BCUT2D eigenvalue weighted by Crippen LogP contribution is 2.13. The lowest BCUT2D eigenvalue weighted by Gasteiger charge is -2.05. The molecular formula is C12H12BrN3O2. The topological polar surface area (TPSA) is 67.2 Å². The number of halogens is 1. The molecule has 1 amide bonds. The van der Waals surface area contributed by atoms with E-state index in [-0.39, 0.29) is 12.5 Å². The van der Waals surface area contributed by atoms with E-state index in [4.69, 9.17) is 0 Å². The molecule has 2 aromatic rings. The summed E-state index contributed by atoms with van der Waals surface area (Å²) in [5, 5.41) is 9.49. The van der Waals surface area contributed by atoms with E-state index in [2.05, 4.69) is 36.2 Å². The zero-order chi connectivity index (χ0) is 12.8. The molecule has 6 heteroatoms. The fourth-order valence-corrected chi connectivity index (χ4v) is 1.64. The fourth-order valence-electron chi connectivity index (χ4n) is 1.37. The molecule has 0 aliphatic carbocycles. The van der Waals surface area contributed by atoms with Gasteiger partial charge in [-0.2, -0.15) is 0 Å². The molecule has 5 nitrogen and oxygen atoms in total. The van der Waals surface area contributed by atoms with Gasteiger partial charge in [-0.25, -0.2) is 0 Å². The highest BCUT2D eigenvalue weighted by atomic mass is 79.9. The molecule has 0 saturated carbocycles. The first-order valence-corrected chi connectivity index (χ1v) is 6.19. The van der Waals surface area contributed by atoms with Crippen molar-refractivity contribution >= 4 is 27.5 Å². The van der Waals surface area contributed by atoms with E-state index in [1.807, 2.05) is 24.3 Å². The summed E-state index contributed by atoms with van der Waals surface area (Å²) in [5.74, 6) is -0.0965. The summed E-state index contributed by atoms with van der Waals surface area (Å²) in [5.41, 5.74) is 1.54. The number of rotatable bonds is 5. The van der Waals surface area contributed by atoms with Crippen molar-refractivity contribution in [1.29, 1.82) is 0 Å². The van der Waals surface area contributed by atoms with Crippen LogP contribution in [-0.4, -0.2) is 17.6 Å². The van der Waals surface area contributed by atoms with E-state index in [9.17, 15) is 4.79 Å². The van der Waals surface area contributed by atoms with Crippen molar-refractivity contribution in [2.75, 3.05) is 11.9 Å². The minimum atomic E-state index is -0.0965. The van der Waals surface area contributed by atoms with E-state index < -0.39 is 0 Å². The lowest BCUT2D eigenvalue weighted by atomic mass is 10.3. The van der Waals surface area contributed by atoms with Gasteiger partial charge in [0, 0.05) is 22.8 Å². The Balaban J connectivity index is 1.73. The van der Waals surface area contributed by atoms with Crippen molar-refractivity contribution in [3.63, 3.8) is 0 Å². The summed E-state index contributed by atoms with van der Waals surface area (Å²) >= 11 is 3.33. The number of nitrogens with zero attached hydrogens (tertiary/aromatic N) is 1. The second-order valence-electron chi connectivity index (χ2n) is 3.65. The van der Waals surface area contributed by atoms with Gasteiger partial charge in [0.25, 0.3) is 0 Å². The molecule has 0 aliphatic heterocycles. The predicted molar refractivity (Wildman–Crippen MR) is 71.0 cm³/mol. The van der Waals surface area contributed by atoms with Gasteiger partial charge in [0.2, 0.25) is 5.91 Å². The number of hydrogen-bond donors (Lipinski definition) is 2. The first kappa shape index (κ1) is 12.8. The Bertz CT molecular complexity index is 497. The van der Waals surface area contributed by atoms with Gasteiger partial charge < -0.3 is 15.2 Å². The normalized spacial score (nSPS) is 10.3. The first-order chi connectivity index (χ1) is 8.74. The van der Waals surface area contributed by atoms with Crippen LogP contribution in [0.15, 0.2) is 45.6 Å². The third kappa shape index (κ3) is 3.97. The van der Waals surface area contributed by atoms with Crippen LogP contribution in [0.5, 0.6) is 0 Å². The summed E-state index contributed by atoms with van der Waals surface area (Å²) in [6, 6.07) is 9.16. The van der Waals surface area contributed by atoms with Crippen molar-refractivity contribution in [1.82, 2.24) is 10.5 Å². The molecule has 1 aromatic heterocycles. The summed E-state index contributed by atoms with van der Waals surface area (Å²) in [6.07, 6.45) is 1.50. The largest absolute Gasteiger partial charge is 0.364 e. The third-order valence-electron chi connectivity index (χ3n) is 2.21. The highest BCUT2D eigenvalue weighted by molar-refractivity contribution is 9.10. The maximum absolute atomic E-state index is 11.6. The quantitative estimate of drug-likeness (QED) is 0.888. The molecule has 0 atom stereocenters. The Morgan fingerprint density at radius 2 is 2.06 bits per heavy atom. The van der Waals surface area contributed by atoms with Crippen LogP contribution in [0.1, 0.15) is 5.69 Å².